The zero-order valence-corrected chi connectivity index (χ0v) is 15.3. The van der Waals surface area contributed by atoms with Gasteiger partial charge in [0.2, 0.25) is 11.9 Å². The van der Waals surface area contributed by atoms with Crippen LogP contribution in [0.25, 0.3) is 0 Å². The van der Waals surface area contributed by atoms with E-state index in [1.165, 1.54) is 12.0 Å². The van der Waals surface area contributed by atoms with E-state index in [1.54, 1.807) is 0 Å². The zero-order valence-electron chi connectivity index (χ0n) is 13.7. The molecule has 0 bridgehead atoms. The summed E-state index contributed by atoms with van der Waals surface area (Å²) in [6, 6.07) is 6.31. The van der Waals surface area contributed by atoms with Gasteiger partial charge >= 0.3 is 0 Å². The number of nitrogens with two attached hydrogens (primary N) is 2. The van der Waals surface area contributed by atoms with Crippen LogP contribution in [0.15, 0.2) is 32.7 Å². The topological polar surface area (TPSA) is 80.0 Å². The number of anilines is 1. The molecule has 0 atom stereocenters. The van der Waals surface area contributed by atoms with Gasteiger partial charge in [-0.1, -0.05) is 36.2 Å². The Hall–Kier alpha value is -1.56. The van der Waals surface area contributed by atoms with Crippen LogP contribution in [-0.2, 0) is 0 Å². The predicted molar refractivity (Wildman–Crippen MR) is 99.8 cm³/mol. The van der Waals surface area contributed by atoms with Gasteiger partial charge in [0, 0.05) is 10.2 Å². The molecule has 1 heterocycles. The van der Waals surface area contributed by atoms with Crippen LogP contribution >= 0.6 is 15.9 Å². The number of halogens is 1. The van der Waals surface area contributed by atoms with Crippen LogP contribution in [0.4, 0.5) is 5.69 Å². The average Bonchev–Trinajstić information content (AvgIpc) is 2.48. The highest BCUT2D eigenvalue weighted by atomic mass is 79.9. The maximum absolute atomic E-state index is 6.32. The molecule has 1 saturated carbocycles. The van der Waals surface area contributed by atoms with Crippen molar-refractivity contribution in [2.75, 3.05) is 4.90 Å². The Kier molecular flexibility index (Phi) is 4.36. The highest BCUT2D eigenvalue weighted by molar-refractivity contribution is 9.10. The molecule has 0 saturated heterocycles. The molecule has 1 aliphatic carbocycles. The number of aliphatic imine (C=N–C) groups is 2. The molecule has 1 aromatic rings. The summed E-state index contributed by atoms with van der Waals surface area (Å²) in [5.74, 6) is 1.12. The normalized spacial score (nSPS) is 20.6. The Morgan fingerprint density at radius 2 is 1.87 bits per heavy atom. The Morgan fingerprint density at radius 1 is 1.17 bits per heavy atom. The molecule has 6 heteroatoms. The van der Waals surface area contributed by atoms with Crippen molar-refractivity contribution in [1.29, 1.82) is 0 Å². The van der Waals surface area contributed by atoms with Crippen molar-refractivity contribution >= 4 is 33.5 Å². The van der Waals surface area contributed by atoms with Gasteiger partial charge in [-0.05, 0) is 55.4 Å². The Bertz CT molecular complexity index is 659. The number of guanidine groups is 2. The fourth-order valence-electron chi connectivity index (χ4n) is 3.66. The van der Waals surface area contributed by atoms with Gasteiger partial charge in [-0.2, -0.15) is 4.99 Å². The molecule has 1 spiro atoms. The number of nitrogens with zero attached hydrogens (tertiary/aromatic N) is 3. The number of hydrogen-bond acceptors (Lipinski definition) is 5. The lowest BCUT2D eigenvalue weighted by molar-refractivity contribution is 0.305. The summed E-state index contributed by atoms with van der Waals surface area (Å²) in [5, 5.41) is 0. The molecule has 5 nitrogen and oxygen atoms in total. The van der Waals surface area contributed by atoms with Crippen LogP contribution in [0, 0.1) is 0 Å². The maximum atomic E-state index is 6.32. The molecule has 1 aliphatic heterocycles. The highest BCUT2D eigenvalue weighted by Gasteiger charge is 2.43. The van der Waals surface area contributed by atoms with Crippen molar-refractivity contribution in [3.63, 3.8) is 0 Å². The summed E-state index contributed by atoms with van der Waals surface area (Å²) >= 11 is 3.57. The molecular formula is C17H24BrN5. The third kappa shape index (κ3) is 2.96. The first kappa shape index (κ1) is 16.3. The van der Waals surface area contributed by atoms with E-state index in [1.807, 2.05) is 6.07 Å². The van der Waals surface area contributed by atoms with E-state index in [9.17, 15) is 0 Å². The minimum atomic E-state index is -0.383. The first-order chi connectivity index (χ1) is 10.9. The molecule has 23 heavy (non-hydrogen) atoms. The molecule has 0 unspecified atom stereocenters. The number of benzene rings is 1. The van der Waals surface area contributed by atoms with Crippen LogP contribution < -0.4 is 16.4 Å². The monoisotopic (exact) mass is 377 g/mol. The molecule has 3 rings (SSSR count). The lowest BCUT2D eigenvalue weighted by Crippen LogP contribution is -2.58. The third-order valence-corrected chi connectivity index (χ3v) is 5.20. The standard InChI is InChI=1S/C17H24BrN5/c1-11(2)13-10-12(18)6-7-14(13)23-16(20)21-15(19)22-17(23)8-4-3-5-9-17/h6-7,10-11H,3-5,8-9H2,1-2H3,(H4,19,20,21,22). The molecule has 1 fully saturated rings. The van der Waals surface area contributed by atoms with Gasteiger partial charge in [-0.15, -0.1) is 0 Å². The molecule has 1 aromatic carbocycles. The van der Waals surface area contributed by atoms with E-state index in [0.717, 1.165) is 35.8 Å². The van der Waals surface area contributed by atoms with Gasteiger partial charge in [-0.25, -0.2) is 4.99 Å². The first-order valence-electron chi connectivity index (χ1n) is 8.22. The molecule has 0 radical (unpaired) electrons. The van der Waals surface area contributed by atoms with Crippen molar-refractivity contribution in [2.45, 2.75) is 57.5 Å². The number of rotatable bonds is 2. The predicted octanol–water partition coefficient (Wildman–Crippen LogP) is 3.68. The molecule has 0 aromatic heterocycles. The van der Waals surface area contributed by atoms with Gasteiger partial charge in [-0.3, -0.25) is 4.90 Å². The summed E-state index contributed by atoms with van der Waals surface area (Å²) in [6.45, 7) is 4.38. The second kappa shape index (κ2) is 6.15. The summed E-state index contributed by atoms with van der Waals surface area (Å²) < 4.78 is 1.07. The quantitative estimate of drug-likeness (QED) is 0.824. The van der Waals surface area contributed by atoms with Crippen molar-refractivity contribution in [3.8, 4) is 0 Å². The second-order valence-corrected chi connectivity index (χ2v) is 7.59. The summed E-state index contributed by atoms with van der Waals surface area (Å²) in [4.78, 5) is 11.1. The lowest BCUT2D eigenvalue weighted by Gasteiger charge is -2.46. The van der Waals surface area contributed by atoms with Crippen molar-refractivity contribution in [2.24, 2.45) is 21.5 Å². The van der Waals surface area contributed by atoms with Crippen LogP contribution in [0.5, 0.6) is 0 Å². The second-order valence-electron chi connectivity index (χ2n) is 6.68. The van der Waals surface area contributed by atoms with Gasteiger partial charge in [0.15, 0.2) is 0 Å². The van der Waals surface area contributed by atoms with Crippen LogP contribution in [-0.4, -0.2) is 17.6 Å². The summed E-state index contributed by atoms with van der Waals surface area (Å²) in [7, 11) is 0. The van der Waals surface area contributed by atoms with Gasteiger partial charge < -0.3 is 11.5 Å². The van der Waals surface area contributed by atoms with Gasteiger partial charge in [0.05, 0.1) is 0 Å². The summed E-state index contributed by atoms with van der Waals surface area (Å²) in [6.07, 6.45) is 5.41. The van der Waals surface area contributed by atoms with Crippen LogP contribution in [0.2, 0.25) is 0 Å². The minimum absolute atomic E-state index is 0.295. The zero-order chi connectivity index (χ0) is 16.6. The van der Waals surface area contributed by atoms with Crippen LogP contribution in [0.1, 0.15) is 57.4 Å². The largest absolute Gasteiger partial charge is 0.369 e. The van der Waals surface area contributed by atoms with Gasteiger partial charge in [0.25, 0.3) is 0 Å². The third-order valence-electron chi connectivity index (χ3n) is 4.70. The number of hydrogen-bond donors (Lipinski definition) is 2. The van der Waals surface area contributed by atoms with Crippen molar-refractivity contribution < 1.29 is 0 Å². The summed E-state index contributed by atoms with van der Waals surface area (Å²) in [5.41, 5.74) is 14.2. The minimum Gasteiger partial charge on any atom is -0.369 e. The molecule has 2 aliphatic rings. The fraction of sp³-hybridized carbons (Fsp3) is 0.529. The SMILES string of the molecule is CC(C)c1cc(Br)ccc1N1C(N)=NC(N)=NC12CCCCC2. The van der Waals surface area contributed by atoms with E-state index in [2.05, 4.69) is 51.8 Å². The Morgan fingerprint density at radius 3 is 2.52 bits per heavy atom. The molecule has 124 valence electrons. The highest BCUT2D eigenvalue weighted by Crippen LogP contribution is 2.42. The van der Waals surface area contributed by atoms with Gasteiger partial charge in [0.1, 0.15) is 5.66 Å². The van der Waals surface area contributed by atoms with E-state index < -0.39 is 0 Å². The fourth-order valence-corrected chi connectivity index (χ4v) is 4.04. The van der Waals surface area contributed by atoms with E-state index in [-0.39, 0.29) is 5.66 Å². The molecule has 0 amide bonds. The van der Waals surface area contributed by atoms with E-state index in [0.29, 0.717) is 17.8 Å². The van der Waals surface area contributed by atoms with E-state index in [4.69, 9.17) is 16.5 Å². The molecule has 4 N–H and O–H groups in total. The van der Waals surface area contributed by atoms with Crippen molar-refractivity contribution in [3.05, 3.63) is 28.2 Å². The Labute approximate surface area is 146 Å². The Balaban J connectivity index is 2.14. The maximum Gasteiger partial charge on any atom is 0.220 e. The van der Waals surface area contributed by atoms with E-state index >= 15 is 0 Å². The smallest absolute Gasteiger partial charge is 0.220 e. The molecular weight excluding hydrogens is 354 g/mol. The van der Waals surface area contributed by atoms with Crippen LogP contribution in [0.3, 0.4) is 0 Å². The average molecular weight is 378 g/mol. The van der Waals surface area contributed by atoms with Crippen molar-refractivity contribution in [1.82, 2.24) is 0 Å². The first-order valence-corrected chi connectivity index (χ1v) is 9.01. The lowest BCUT2D eigenvalue weighted by atomic mass is 9.86.